The summed E-state index contributed by atoms with van der Waals surface area (Å²) in [6.45, 7) is 6.63. The Morgan fingerprint density at radius 3 is 2.45 bits per heavy atom. The number of nitrogens with one attached hydrogen (secondary N) is 2. The predicted octanol–water partition coefficient (Wildman–Crippen LogP) is 0.363. The maximum atomic E-state index is 11.7. The zero-order valence-electron chi connectivity index (χ0n) is 13.9. The Labute approximate surface area is 132 Å². The molecule has 1 rings (SSSR count). The summed E-state index contributed by atoms with van der Waals surface area (Å²) in [5.74, 6) is 0.532. The second-order valence-corrected chi connectivity index (χ2v) is 5.26. The summed E-state index contributed by atoms with van der Waals surface area (Å²) in [7, 11) is 1.70. The van der Waals surface area contributed by atoms with Crippen molar-refractivity contribution in [2.75, 3.05) is 39.8 Å². The fraction of sp³-hybridized carbons (Fsp3) is 0.800. The van der Waals surface area contributed by atoms with Gasteiger partial charge in [-0.25, -0.2) is 0 Å². The number of aliphatic imine (C=N–C) groups is 1. The summed E-state index contributed by atoms with van der Waals surface area (Å²) in [4.78, 5) is 29.6. The lowest BCUT2D eigenvalue weighted by Gasteiger charge is -2.33. The van der Waals surface area contributed by atoms with Crippen LogP contribution in [0.25, 0.3) is 0 Å². The first kappa shape index (κ1) is 18.3. The van der Waals surface area contributed by atoms with Gasteiger partial charge in [0.1, 0.15) is 0 Å². The van der Waals surface area contributed by atoms with Crippen molar-refractivity contribution in [3.05, 3.63) is 0 Å². The highest BCUT2D eigenvalue weighted by atomic mass is 16.5. The molecule has 1 amide bonds. The minimum absolute atomic E-state index is 0.0258. The average molecular weight is 312 g/mol. The quantitative estimate of drug-likeness (QED) is 0.420. The van der Waals surface area contributed by atoms with Crippen molar-refractivity contribution >= 4 is 17.8 Å². The van der Waals surface area contributed by atoms with Crippen LogP contribution in [0.15, 0.2) is 4.99 Å². The Morgan fingerprint density at radius 1 is 1.23 bits per heavy atom. The van der Waals surface area contributed by atoms with Gasteiger partial charge in [-0.15, -0.1) is 0 Å². The summed E-state index contributed by atoms with van der Waals surface area (Å²) in [6.07, 6.45) is 2.42. The highest BCUT2D eigenvalue weighted by Crippen LogP contribution is 2.18. The fourth-order valence-corrected chi connectivity index (χ4v) is 2.41. The van der Waals surface area contributed by atoms with Crippen LogP contribution < -0.4 is 10.6 Å². The monoisotopic (exact) mass is 312 g/mol. The maximum Gasteiger partial charge on any atom is 0.309 e. The van der Waals surface area contributed by atoms with Gasteiger partial charge in [0, 0.05) is 26.7 Å². The molecule has 7 nitrogen and oxygen atoms in total. The minimum atomic E-state index is -0.107. The van der Waals surface area contributed by atoms with E-state index in [0.717, 1.165) is 32.4 Å². The van der Waals surface area contributed by atoms with Crippen LogP contribution in [0.4, 0.5) is 0 Å². The lowest BCUT2D eigenvalue weighted by Crippen LogP contribution is -2.49. The Hall–Kier alpha value is -1.79. The molecule has 0 bridgehead atoms. The van der Waals surface area contributed by atoms with Crippen molar-refractivity contribution in [3.8, 4) is 0 Å². The summed E-state index contributed by atoms with van der Waals surface area (Å²) < 4.78 is 5.06. The van der Waals surface area contributed by atoms with Gasteiger partial charge in [-0.1, -0.05) is 6.92 Å². The third-order valence-corrected chi connectivity index (χ3v) is 3.61. The number of piperidine rings is 1. The zero-order valence-corrected chi connectivity index (χ0v) is 13.9. The highest BCUT2D eigenvalue weighted by molar-refractivity contribution is 5.86. The Morgan fingerprint density at radius 2 is 1.91 bits per heavy atom. The molecule has 7 heteroatoms. The van der Waals surface area contributed by atoms with E-state index >= 15 is 0 Å². The normalized spacial score (nSPS) is 16.3. The summed E-state index contributed by atoms with van der Waals surface area (Å²) in [5.41, 5.74) is 0. The Balaban J connectivity index is 2.37. The van der Waals surface area contributed by atoms with Gasteiger partial charge in [-0.2, -0.15) is 0 Å². The molecular weight excluding hydrogens is 284 g/mol. The van der Waals surface area contributed by atoms with Crippen molar-refractivity contribution in [3.63, 3.8) is 0 Å². The van der Waals surface area contributed by atoms with E-state index < -0.39 is 0 Å². The number of carbonyl (C=O) groups excluding carboxylic acids is 2. The molecular formula is C15H28N4O3. The fourth-order valence-electron chi connectivity index (χ4n) is 2.41. The summed E-state index contributed by atoms with van der Waals surface area (Å²) in [6, 6.07) is 0. The number of nitrogens with zero attached hydrogens (tertiary/aromatic N) is 2. The van der Waals surface area contributed by atoms with Crippen molar-refractivity contribution in [2.45, 2.75) is 33.1 Å². The molecule has 1 aliphatic rings. The molecule has 0 aromatic rings. The Bertz CT molecular complexity index is 390. The number of rotatable bonds is 6. The van der Waals surface area contributed by atoms with Crippen LogP contribution >= 0.6 is 0 Å². The topological polar surface area (TPSA) is 83.0 Å². The molecule has 1 heterocycles. The van der Waals surface area contributed by atoms with Crippen molar-refractivity contribution in [1.82, 2.24) is 15.5 Å². The van der Waals surface area contributed by atoms with Crippen LogP contribution in [0, 0.1) is 5.92 Å². The first-order valence-corrected chi connectivity index (χ1v) is 8.01. The van der Waals surface area contributed by atoms with E-state index in [1.54, 1.807) is 7.05 Å². The van der Waals surface area contributed by atoms with Crippen LogP contribution in [-0.2, 0) is 14.3 Å². The molecule has 2 N–H and O–H groups in total. The molecule has 1 saturated heterocycles. The van der Waals surface area contributed by atoms with Gasteiger partial charge in [0.05, 0.1) is 19.1 Å². The van der Waals surface area contributed by atoms with E-state index in [1.807, 2.05) is 13.8 Å². The number of hydrogen-bond acceptors (Lipinski definition) is 4. The van der Waals surface area contributed by atoms with Crippen molar-refractivity contribution in [1.29, 1.82) is 0 Å². The Kier molecular flexibility index (Phi) is 8.32. The number of guanidine groups is 1. The lowest BCUT2D eigenvalue weighted by molar-refractivity contribution is -0.149. The van der Waals surface area contributed by atoms with Crippen LogP contribution in [-0.4, -0.2) is 62.6 Å². The first-order chi connectivity index (χ1) is 10.6. The van der Waals surface area contributed by atoms with Gasteiger partial charge in [-0.05, 0) is 26.2 Å². The lowest BCUT2D eigenvalue weighted by atomic mass is 9.97. The number of amides is 1. The molecule has 0 aromatic heterocycles. The van der Waals surface area contributed by atoms with Crippen LogP contribution in [0.2, 0.25) is 0 Å². The van der Waals surface area contributed by atoms with E-state index in [4.69, 9.17) is 4.74 Å². The van der Waals surface area contributed by atoms with Gasteiger partial charge in [0.25, 0.3) is 0 Å². The second kappa shape index (κ2) is 10.0. The van der Waals surface area contributed by atoms with Gasteiger partial charge < -0.3 is 20.3 Å². The number of hydrogen-bond donors (Lipinski definition) is 2. The van der Waals surface area contributed by atoms with Gasteiger partial charge in [0.15, 0.2) is 5.96 Å². The summed E-state index contributed by atoms with van der Waals surface area (Å²) in [5, 5.41) is 5.88. The highest BCUT2D eigenvalue weighted by Gasteiger charge is 2.27. The molecule has 126 valence electrons. The number of ether oxygens (including phenoxy) is 1. The molecule has 0 aromatic carbocycles. The molecule has 1 aliphatic heterocycles. The van der Waals surface area contributed by atoms with Gasteiger partial charge in [-0.3, -0.25) is 14.6 Å². The van der Waals surface area contributed by atoms with Crippen molar-refractivity contribution < 1.29 is 14.3 Å². The third-order valence-electron chi connectivity index (χ3n) is 3.61. The SMILES string of the molecule is CCCNC(=O)CNC(=NC)N1CCC(C(=O)OCC)CC1. The molecule has 0 saturated carbocycles. The molecule has 0 atom stereocenters. The standard InChI is InChI=1S/C15H28N4O3/c1-4-8-17-13(20)11-18-15(16-3)19-9-6-12(7-10-19)14(21)22-5-2/h12H,4-11H2,1-3H3,(H,16,18)(H,17,20). The van der Waals surface area contributed by atoms with Gasteiger partial charge in [0.2, 0.25) is 5.91 Å². The molecule has 22 heavy (non-hydrogen) atoms. The number of esters is 1. The second-order valence-electron chi connectivity index (χ2n) is 5.26. The molecule has 1 fully saturated rings. The van der Waals surface area contributed by atoms with E-state index in [2.05, 4.69) is 20.5 Å². The summed E-state index contributed by atoms with van der Waals surface area (Å²) >= 11 is 0. The van der Waals surface area contributed by atoms with Gasteiger partial charge >= 0.3 is 5.97 Å². The minimum Gasteiger partial charge on any atom is -0.466 e. The number of likely N-dealkylation sites (tertiary alicyclic amines) is 1. The van der Waals surface area contributed by atoms with Crippen LogP contribution in [0.1, 0.15) is 33.1 Å². The van der Waals surface area contributed by atoms with Crippen molar-refractivity contribution in [2.24, 2.45) is 10.9 Å². The molecule has 0 unspecified atom stereocenters. The molecule has 0 aliphatic carbocycles. The molecule has 0 spiro atoms. The van der Waals surface area contributed by atoms with E-state index in [0.29, 0.717) is 19.1 Å². The smallest absolute Gasteiger partial charge is 0.309 e. The predicted molar refractivity (Wildman–Crippen MR) is 85.6 cm³/mol. The first-order valence-electron chi connectivity index (χ1n) is 8.01. The van der Waals surface area contributed by atoms with Crippen LogP contribution in [0.3, 0.4) is 0 Å². The van der Waals surface area contributed by atoms with Crippen LogP contribution in [0.5, 0.6) is 0 Å². The third kappa shape index (κ3) is 5.91. The van der Waals surface area contributed by atoms with E-state index in [1.165, 1.54) is 0 Å². The number of carbonyl (C=O) groups is 2. The largest absolute Gasteiger partial charge is 0.466 e. The zero-order chi connectivity index (χ0) is 16.4. The average Bonchev–Trinajstić information content (AvgIpc) is 2.54. The van der Waals surface area contributed by atoms with E-state index in [9.17, 15) is 9.59 Å². The van der Waals surface area contributed by atoms with E-state index in [-0.39, 0.29) is 24.3 Å². The molecule has 0 radical (unpaired) electrons. The maximum absolute atomic E-state index is 11.7.